The molecule has 6 rings (SSSR count). The van der Waals surface area contributed by atoms with Crippen LogP contribution in [0.5, 0.6) is 0 Å². The van der Waals surface area contributed by atoms with Crippen molar-refractivity contribution in [3.8, 4) is 0 Å². The number of ether oxygens (including phenoxy) is 1. The number of hydrogen-bond acceptors (Lipinski definition) is 6. The molecular weight excluding hydrogens is 564 g/mol. The Labute approximate surface area is 246 Å². The van der Waals surface area contributed by atoms with Crippen LogP contribution < -0.4 is 0 Å². The number of carbonyl (C=O) groups is 1. The highest BCUT2D eigenvalue weighted by Gasteiger charge is 2.42. The third kappa shape index (κ3) is 5.85. The van der Waals surface area contributed by atoms with Crippen LogP contribution in [0.15, 0.2) is 30.7 Å². The molecule has 0 unspecified atom stereocenters. The molecular formula is C30H39F2N5O4S. The fraction of sp³-hybridized carbons (Fsp3) is 0.600. The van der Waals surface area contributed by atoms with Crippen LogP contribution in [0.1, 0.15) is 73.9 Å². The molecule has 3 saturated heterocycles. The Hall–Kier alpha value is -2.83. The molecule has 1 amide bonds. The van der Waals surface area contributed by atoms with E-state index in [2.05, 4.69) is 14.5 Å². The summed E-state index contributed by atoms with van der Waals surface area (Å²) in [5, 5.41) is 0. The van der Waals surface area contributed by atoms with Crippen LogP contribution in [0.3, 0.4) is 0 Å². The molecule has 1 aromatic carbocycles. The standard InChI is InChI=1S/C30H39F2N5O4S/c1-41-30(38)34-9-8-29-28(18-34)33-19-37(29)26-16-24-3-4-25(17-26)36(24)12-7-27(21-13-22(31)15-23(32)14-21)20-5-10-35(11-6-20)42(2,39)40/h8-9,13-15,19-20,24-27H,3-7,10-12,16-18H2,1-2H3/t24-,25+,26-,27-/m1/s1. The van der Waals surface area contributed by atoms with Gasteiger partial charge in [-0.1, -0.05) is 0 Å². The van der Waals surface area contributed by atoms with Crippen LogP contribution in [0, 0.1) is 17.6 Å². The number of aromatic nitrogens is 2. The zero-order valence-corrected chi connectivity index (χ0v) is 25.0. The summed E-state index contributed by atoms with van der Waals surface area (Å²) < 4.78 is 61.4. The molecule has 9 nitrogen and oxygen atoms in total. The number of carbonyl (C=O) groups excluding carboxylic acids is 1. The molecule has 2 bridgehead atoms. The minimum atomic E-state index is -3.25. The van der Waals surface area contributed by atoms with Gasteiger partial charge in [-0.25, -0.2) is 31.3 Å². The highest BCUT2D eigenvalue weighted by Crippen LogP contribution is 2.44. The molecule has 2 aromatic rings. The van der Waals surface area contributed by atoms with Crippen LogP contribution in [0.25, 0.3) is 6.08 Å². The van der Waals surface area contributed by atoms with Gasteiger partial charge in [0.1, 0.15) is 11.6 Å². The predicted molar refractivity (Wildman–Crippen MR) is 154 cm³/mol. The van der Waals surface area contributed by atoms with E-state index < -0.39 is 27.8 Å². The Kier molecular flexibility index (Phi) is 8.14. The fourth-order valence-electron chi connectivity index (χ4n) is 7.82. The first-order valence-electron chi connectivity index (χ1n) is 14.9. The highest BCUT2D eigenvalue weighted by molar-refractivity contribution is 7.88. The van der Waals surface area contributed by atoms with Gasteiger partial charge >= 0.3 is 6.09 Å². The average Bonchev–Trinajstić information content (AvgIpc) is 3.48. The van der Waals surface area contributed by atoms with Gasteiger partial charge in [0, 0.05) is 43.5 Å². The van der Waals surface area contributed by atoms with Gasteiger partial charge in [-0.3, -0.25) is 9.80 Å². The molecule has 0 spiro atoms. The van der Waals surface area contributed by atoms with Gasteiger partial charge < -0.3 is 9.30 Å². The Morgan fingerprint density at radius 3 is 2.33 bits per heavy atom. The minimum Gasteiger partial charge on any atom is -0.452 e. The Balaban J connectivity index is 1.14. The third-order valence-corrected chi connectivity index (χ3v) is 11.2. The van der Waals surface area contributed by atoms with Crippen molar-refractivity contribution in [3.05, 3.63) is 59.3 Å². The lowest BCUT2D eigenvalue weighted by Crippen LogP contribution is -2.45. The molecule has 1 aromatic heterocycles. The second-order valence-corrected chi connectivity index (χ2v) is 14.2. The first-order valence-corrected chi connectivity index (χ1v) is 16.7. The van der Waals surface area contributed by atoms with Crippen molar-refractivity contribution in [1.82, 2.24) is 23.7 Å². The fourth-order valence-corrected chi connectivity index (χ4v) is 8.70. The van der Waals surface area contributed by atoms with E-state index in [-0.39, 0.29) is 11.8 Å². The van der Waals surface area contributed by atoms with Gasteiger partial charge in [0.25, 0.3) is 0 Å². The first-order chi connectivity index (χ1) is 20.1. The quantitative estimate of drug-likeness (QED) is 0.455. The lowest BCUT2D eigenvalue weighted by Gasteiger charge is -2.41. The van der Waals surface area contributed by atoms with Gasteiger partial charge in [-0.15, -0.1) is 0 Å². The highest BCUT2D eigenvalue weighted by atomic mass is 32.2. The number of halogens is 2. The van der Waals surface area contributed by atoms with Crippen LogP contribution >= 0.6 is 0 Å². The second-order valence-electron chi connectivity index (χ2n) is 12.2. The normalized spacial score (nSPS) is 25.9. The van der Waals surface area contributed by atoms with E-state index in [4.69, 9.17) is 4.74 Å². The van der Waals surface area contributed by atoms with Gasteiger partial charge in [0.15, 0.2) is 0 Å². The number of imidazole rings is 1. The number of piperidine rings is 2. The van der Waals surface area contributed by atoms with Crippen LogP contribution in [-0.2, 0) is 21.3 Å². The van der Waals surface area contributed by atoms with Crippen LogP contribution in [0.4, 0.5) is 13.6 Å². The Morgan fingerprint density at radius 2 is 1.71 bits per heavy atom. The van der Waals surface area contributed by atoms with E-state index in [1.165, 1.54) is 34.7 Å². The van der Waals surface area contributed by atoms with Crippen molar-refractivity contribution < 1.29 is 26.7 Å². The molecule has 0 N–H and O–H groups in total. The maximum atomic E-state index is 14.3. The SMILES string of the molecule is COC(=O)N1C=Cc2c(ncn2[C@@H]2C[C@H]3CC[C@@H](C2)N3CC[C@@H](c2cc(F)cc(F)c2)C2CCN(S(C)(=O)=O)CC2)C1. The van der Waals surface area contributed by atoms with Crippen LogP contribution in [0.2, 0.25) is 0 Å². The Bertz CT molecular complexity index is 1420. The molecule has 5 heterocycles. The maximum Gasteiger partial charge on any atom is 0.413 e. The van der Waals surface area contributed by atoms with Crippen molar-refractivity contribution in [2.24, 2.45) is 5.92 Å². The number of fused-ring (bicyclic) bond motifs is 3. The summed E-state index contributed by atoms with van der Waals surface area (Å²) in [5.74, 6) is -1.03. The number of amides is 1. The number of benzene rings is 1. The zero-order chi connectivity index (χ0) is 29.6. The van der Waals surface area contributed by atoms with Crippen molar-refractivity contribution in [2.45, 2.75) is 75.5 Å². The van der Waals surface area contributed by atoms with E-state index >= 15 is 0 Å². The average molecular weight is 604 g/mol. The Morgan fingerprint density at radius 1 is 1.05 bits per heavy atom. The van der Waals surface area contributed by atoms with Gasteiger partial charge in [0.2, 0.25) is 10.0 Å². The number of hydrogen-bond donors (Lipinski definition) is 0. The number of methoxy groups -OCH3 is 1. The second kappa shape index (κ2) is 11.7. The topological polar surface area (TPSA) is 88.0 Å². The zero-order valence-electron chi connectivity index (χ0n) is 24.2. The van der Waals surface area contributed by atoms with Crippen molar-refractivity contribution in [1.29, 1.82) is 0 Å². The van der Waals surface area contributed by atoms with Crippen LogP contribution in [-0.4, -0.2) is 83.3 Å². The monoisotopic (exact) mass is 603 g/mol. The summed E-state index contributed by atoms with van der Waals surface area (Å²) in [5.41, 5.74) is 2.58. The first kappa shape index (κ1) is 29.3. The summed E-state index contributed by atoms with van der Waals surface area (Å²) in [6.45, 7) is 2.11. The minimum absolute atomic E-state index is 0.0439. The predicted octanol–water partition coefficient (Wildman–Crippen LogP) is 4.73. The summed E-state index contributed by atoms with van der Waals surface area (Å²) in [7, 11) is -1.89. The number of nitrogens with zero attached hydrogens (tertiary/aromatic N) is 5. The third-order valence-electron chi connectivity index (χ3n) is 9.85. The lowest BCUT2D eigenvalue weighted by atomic mass is 9.78. The summed E-state index contributed by atoms with van der Waals surface area (Å²) in [6.07, 6.45) is 12.8. The number of sulfonamides is 1. The van der Waals surface area contributed by atoms with E-state index in [0.717, 1.165) is 56.1 Å². The van der Waals surface area contributed by atoms with E-state index in [0.29, 0.717) is 56.2 Å². The molecule has 0 radical (unpaired) electrons. The van der Waals surface area contributed by atoms with Crippen molar-refractivity contribution in [2.75, 3.05) is 33.0 Å². The summed E-state index contributed by atoms with van der Waals surface area (Å²) in [4.78, 5) is 20.7. The molecule has 0 aliphatic carbocycles. The maximum absolute atomic E-state index is 14.3. The van der Waals surface area contributed by atoms with E-state index in [1.54, 1.807) is 6.20 Å². The summed E-state index contributed by atoms with van der Waals surface area (Å²) >= 11 is 0. The molecule has 3 fully saturated rings. The van der Waals surface area contributed by atoms with Crippen molar-refractivity contribution >= 4 is 22.2 Å². The molecule has 4 atom stereocenters. The lowest BCUT2D eigenvalue weighted by molar-refractivity contribution is 0.0977. The van der Waals surface area contributed by atoms with Gasteiger partial charge in [-0.05, 0) is 87.1 Å². The van der Waals surface area contributed by atoms with E-state index in [9.17, 15) is 22.0 Å². The molecule has 228 valence electrons. The number of rotatable bonds is 7. The smallest absolute Gasteiger partial charge is 0.413 e. The van der Waals surface area contributed by atoms with Gasteiger partial charge in [-0.2, -0.15) is 0 Å². The molecule has 12 heteroatoms. The summed E-state index contributed by atoms with van der Waals surface area (Å²) in [6, 6.07) is 4.97. The molecule has 42 heavy (non-hydrogen) atoms. The molecule has 0 saturated carbocycles. The van der Waals surface area contributed by atoms with E-state index in [1.807, 2.05) is 12.4 Å². The molecule has 4 aliphatic heterocycles. The largest absolute Gasteiger partial charge is 0.452 e. The van der Waals surface area contributed by atoms with Crippen molar-refractivity contribution in [3.63, 3.8) is 0 Å². The molecule has 4 aliphatic rings. The van der Waals surface area contributed by atoms with Gasteiger partial charge in [0.05, 0.1) is 37.6 Å².